The van der Waals surface area contributed by atoms with Crippen molar-refractivity contribution in [2.75, 3.05) is 27.3 Å². The van der Waals surface area contributed by atoms with Gasteiger partial charge in [0.2, 0.25) is 5.88 Å². The Labute approximate surface area is 175 Å². The lowest BCUT2D eigenvalue weighted by atomic mass is 10.1. The van der Waals surface area contributed by atoms with Crippen molar-refractivity contribution in [1.82, 2.24) is 4.57 Å². The number of hydrogen-bond acceptors (Lipinski definition) is 7. The maximum Gasteiger partial charge on any atom is 0.534 e. The number of benzene rings is 1. The molecule has 0 amide bonds. The fourth-order valence-corrected chi connectivity index (χ4v) is 3.21. The van der Waals surface area contributed by atoms with Crippen LogP contribution in [0.2, 0.25) is 0 Å². The second-order valence-electron chi connectivity index (χ2n) is 6.18. The molecular formula is C18H20F3N2O7S+. The molecule has 0 saturated carbocycles. The van der Waals surface area contributed by atoms with Gasteiger partial charge in [0.15, 0.2) is 0 Å². The highest BCUT2D eigenvalue weighted by molar-refractivity contribution is 7.88. The maximum absolute atomic E-state index is 13.1. The van der Waals surface area contributed by atoms with Crippen LogP contribution in [0.15, 0.2) is 24.3 Å². The van der Waals surface area contributed by atoms with Gasteiger partial charge in [-0.25, -0.2) is 18.7 Å². The third kappa shape index (κ3) is 4.65. The van der Waals surface area contributed by atoms with Crippen molar-refractivity contribution in [2.45, 2.75) is 19.4 Å². The molecule has 0 N–H and O–H groups in total. The van der Waals surface area contributed by atoms with Crippen LogP contribution in [-0.2, 0) is 24.4 Å². The number of ether oxygens (including phenoxy) is 2. The Kier molecular flexibility index (Phi) is 6.99. The zero-order valence-corrected chi connectivity index (χ0v) is 17.8. The van der Waals surface area contributed by atoms with Crippen molar-refractivity contribution in [1.29, 1.82) is 0 Å². The third-order valence-corrected chi connectivity index (χ3v) is 4.85. The summed E-state index contributed by atoms with van der Waals surface area (Å²) in [6.07, 6.45) is -1.20. The van der Waals surface area contributed by atoms with Gasteiger partial charge in [0.1, 0.15) is 19.7 Å². The number of esters is 1. The van der Waals surface area contributed by atoms with Gasteiger partial charge < -0.3 is 13.7 Å². The van der Waals surface area contributed by atoms with Crippen LogP contribution in [0, 0.1) is 0 Å². The predicted octanol–water partition coefficient (Wildman–Crippen LogP) is 2.50. The maximum atomic E-state index is 13.1. The van der Waals surface area contributed by atoms with E-state index in [0.29, 0.717) is 4.57 Å². The Bertz CT molecular complexity index is 1150. The number of nitrogens with zero attached hydrogens (tertiary/aromatic N) is 2. The molecule has 1 aromatic carbocycles. The lowest BCUT2D eigenvalue weighted by Gasteiger charge is -2.13. The van der Waals surface area contributed by atoms with Gasteiger partial charge in [-0.05, 0) is 19.9 Å². The second-order valence-corrected chi connectivity index (χ2v) is 7.72. The van der Waals surface area contributed by atoms with Gasteiger partial charge in [0, 0.05) is 5.39 Å². The van der Waals surface area contributed by atoms with Gasteiger partial charge in [0.05, 0.1) is 18.7 Å². The van der Waals surface area contributed by atoms with Crippen LogP contribution in [0.5, 0.6) is 5.88 Å². The van der Waals surface area contributed by atoms with Crippen molar-refractivity contribution >= 4 is 38.8 Å². The number of fused-ring (bicyclic) bond motifs is 1. The van der Waals surface area contributed by atoms with E-state index in [2.05, 4.69) is 4.18 Å². The van der Waals surface area contributed by atoms with Gasteiger partial charge >= 0.3 is 27.7 Å². The Morgan fingerprint density at radius 1 is 1.06 bits per heavy atom. The molecule has 13 heteroatoms. The highest BCUT2D eigenvalue weighted by Gasteiger charge is 2.50. The molecule has 0 atom stereocenters. The van der Waals surface area contributed by atoms with Crippen LogP contribution in [0.4, 0.5) is 18.0 Å². The summed E-state index contributed by atoms with van der Waals surface area (Å²) in [5, 5.41) is 0.0691. The Morgan fingerprint density at radius 3 is 2.16 bits per heavy atom. The van der Waals surface area contributed by atoms with E-state index in [9.17, 15) is 31.2 Å². The summed E-state index contributed by atoms with van der Waals surface area (Å²) >= 11 is 0. The smallest absolute Gasteiger partial charge is 0.458 e. The summed E-state index contributed by atoms with van der Waals surface area (Å²) < 4.78 is 78.8. The predicted molar refractivity (Wildman–Crippen MR) is 103 cm³/mol. The number of carbonyl (C=O) groups is 2. The SMILES string of the molecule is CCOC(=O)C(c1c(OS(=O)(=O)C(F)(F)F)n(C(=O)OCC)c2ccccc12)=[N+](C)C. The molecule has 0 aliphatic rings. The largest absolute Gasteiger partial charge is 0.534 e. The standard InChI is InChI=1S/C18H20F3N2O7S/c1-5-28-16(24)14(22(3)4)13-11-9-7-8-10-12(11)23(17(25)29-6-2)15(13)30-31(26,27)18(19,20)21/h7-10H,5-6H2,1-4H3/q+1. The van der Waals surface area contributed by atoms with Crippen LogP contribution in [0.1, 0.15) is 19.4 Å². The minimum atomic E-state index is -6.20. The molecule has 0 bridgehead atoms. The van der Waals surface area contributed by atoms with E-state index in [1.165, 1.54) is 56.8 Å². The van der Waals surface area contributed by atoms with Crippen LogP contribution in [-0.4, -0.2) is 68.2 Å². The van der Waals surface area contributed by atoms with E-state index < -0.39 is 33.6 Å². The summed E-state index contributed by atoms with van der Waals surface area (Å²) in [6, 6.07) is 5.67. The topological polar surface area (TPSA) is 104 Å². The van der Waals surface area contributed by atoms with Crippen LogP contribution < -0.4 is 4.18 Å². The molecule has 1 heterocycles. The summed E-state index contributed by atoms with van der Waals surface area (Å²) in [7, 11) is -3.41. The monoisotopic (exact) mass is 465 g/mol. The lowest BCUT2D eigenvalue weighted by molar-refractivity contribution is -0.463. The van der Waals surface area contributed by atoms with E-state index in [-0.39, 0.29) is 35.4 Å². The van der Waals surface area contributed by atoms with Crippen molar-refractivity contribution in [3.63, 3.8) is 0 Å². The molecule has 0 saturated heterocycles. The number of hydrogen-bond donors (Lipinski definition) is 0. The first-order chi connectivity index (χ1) is 14.4. The van der Waals surface area contributed by atoms with E-state index in [1.807, 2.05) is 0 Å². The molecule has 1 aromatic heterocycles. The van der Waals surface area contributed by atoms with E-state index in [4.69, 9.17) is 9.47 Å². The van der Waals surface area contributed by atoms with Gasteiger partial charge in [0.25, 0.3) is 5.71 Å². The average molecular weight is 465 g/mol. The number of aromatic nitrogens is 1. The molecule has 0 fully saturated rings. The summed E-state index contributed by atoms with van der Waals surface area (Å²) in [5.41, 5.74) is -6.53. The minimum absolute atomic E-state index is 0.0352. The van der Waals surface area contributed by atoms with Gasteiger partial charge in [-0.15, -0.1) is 0 Å². The Hall–Kier alpha value is -3.09. The molecular weight excluding hydrogens is 445 g/mol. The first-order valence-electron chi connectivity index (χ1n) is 8.90. The summed E-state index contributed by atoms with van der Waals surface area (Å²) in [5.74, 6) is -2.01. The second kappa shape index (κ2) is 8.96. The average Bonchev–Trinajstić information content (AvgIpc) is 2.94. The minimum Gasteiger partial charge on any atom is -0.458 e. The van der Waals surface area contributed by atoms with Crippen molar-refractivity contribution in [2.24, 2.45) is 0 Å². The van der Waals surface area contributed by atoms with E-state index in [0.717, 1.165) is 0 Å². The van der Waals surface area contributed by atoms with E-state index in [1.54, 1.807) is 0 Å². The van der Waals surface area contributed by atoms with Crippen LogP contribution in [0.25, 0.3) is 10.9 Å². The molecule has 2 aromatic rings. The van der Waals surface area contributed by atoms with Crippen molar-refractivity contribution in [3.05, 3.63) is 29.8 Å². The van der Waals surface area contributed by atoms with Crippen molar-refractivity contribution < 1.29 is 49.4 Å². The number of alkyl halides is 3. The lowest BCUT2D eigenvalue weighted by Crippen LogP contribution is -2.32. The first kappa shape index (κ1) is 24.2. The fraction of sp³-hybridized carbons (Fsp3) is 0.389. The molecule has 0 aliphatic carbocycles. The molecule has 31 heavy (non-hydrogen) atoms. The molecule has 0 spiro atoms. The zero-order chi connectivity index (χ0) is 23.6. The number of rotatable bonds is 6. The molecule has 0 aliphatic heterocycles. The zero-order valence-electron chi connectivity index (χ0n) is 17.0. The van der Waals surface area contributed by atoms with Crippen LogP contribution in [0.3, 0.4) is 0 Å². The van der Waals surface area contributed by atoms with Crippen LogP contribution >= 0.6 is 0 Å². The van der Waals surface area contributed by atoms with Gasteiger partial charge in [-0.1, -0.05) is 18.2 Å². The summed E-state index contributed by atoms with van der Waals surface area (Å²) in [4.78, 5) is 25.2. The number of halogens is 3. The molecule has 2 rings (SSSR count). The van der Waals surface area contributed by atoms with Crippen molar-refractivity contribution in [3.8, 4) is 5.88 Å². The molecule has 9 nitrogen and oxygen atoms in total. The van der Waals surface area contributed by atoms with Gasteiger partial charge in [-0.2, -0.15) is 21.6 Å². The molecule has 0 radical (unpaired) electrons. The number of carbonyl (C=O) groups excluding carboxylic acids is 2. The first-order valence-corrected chi connectivity index (χ1v) is 10.3. The fourth-order valence-electron chi connectivity index (χ4n) is 2.75. The summed E-state index contributed by atoms with van der Waals surface area (Å²) in [6.45, 7) is 2.74. The number of para-hydroxylation sites is 1. The highest BCUT2D eigenvalue weighted by Crippen LogP contribution is 2.37. The third-order valence-electron chi connectivity index (χ3n) is 3.91. The normalized spacial score (nSPS) is 11.8. The Morgan fingerprint density at radius 2 is 1.65 bits per heavy atom. The van der Waals surface area contributed by atoms with Gasteiger partial charge in [-0.3, -0.25) is 0 Å². The molecule has 0 unspecified atom stereocenters. The Balaban J connectivity index is 3.01. The molecule has 170 valence electrons. The van der Waals surface area contributed by atoms with E-state index >= 15 is 0 Å². The quantitative estimate of drug-likeness (QED) is 0.212. The highest BCUT2D eigenvalue weighted by atomic mass is 32.2.